The number of hydrogen-bond acceptors (Lipinski definition) is 4. The van der Waals surface area contributed by atoms with E-state index >= 15 is 0 Å². The second-order valence-electron chi connectivity index (χ2n) is 3.64. The highest BCUT2D eigenvalue weighted by Gasteiger charge is 2.32. The molecule has 0 bridgehead atoms. The Balaban J connectivity index is 2.36. The van der Waals surface area contributed by atoms with Crippen LogP contribution in [0.4, 0.5) is 0 Å². The lowest BCUT2D eigenvalue weighted by Gasteiger charge is -2.25. The molecule has 9 heteroatoms. The van der Waals surface area contributed by atoms with Crippen LogP contribution in [-0.2, 0) is 21.9 Å². The van der Waals surface area contributed by atoms with Crippen LogP contribution >= 0.6 is 11.6 Å². The van der Waals surface area contributed by atoms with Gasteiger partial charge in [0.15, 0.2) is 0 Å². The smallest absolute Gasteiger partial charge is 0.264 e. The maximum absolute atomic E-state index is 12.2. The van der Waals surface area contributed by atoms with E-state index in [9.17, 15) is 13.2 Å². The first-order chi connectivity index (χ1) is 7.93. The molecule has 1 aromatic rings. The molecule has 1 aliphatic heterocycles. The molecule has 1 N–H and O–H groups in total. The topological polar surface area (TPSA) is 84.3 Å². The van der Waals surface area contributed by atoms with Gasteiger partial charge >= 0.3 is 0 Å². The molecule has 7 nitrogen and oxygen atoms in total. The fourth-order valence-electron chi connectivity index (χ4n) is 1.51. The highest BCUT2D eigenvalue weighted by Crippen LogP contribution is 2.22. The van der Waals surface area contributed by atoms with Gasteiger partial charge in [-0.15, -0.1) is 0 Å². The summed E-state index contributed by atoms with van der Waals surface area (Å²) in [5.74, 6) is -0.327. The van der Waals surface area contributed by atoms with Crippen molar-refractivity contribution in [3.8, 4) is 0 Å². The predicted octanol–water partition coefficient (Wildman–Crippen LogP) is -0.806. The molecule has 2 rings (SSSR count). The molecule has 0 saturated carbocycles. The van der Waals surface area contributed by atoms with Gasteiger partial charge in [-0.05, 0) is 0 Å². The number of hydrogen-bond donors (Lipinski definition) is 1. The van der Waals surface area contributed by atoms with Crippen molar-refractivity contribution < 1.29 is 13.2 Å². The second-order valence-corrected chi connectivity index (χ2v) is 5.85. The second kappa shape index (κ2) is 4.28. The minimum Gasteiger partial charge on any atom is -0.354 e. The third-order valence-corrected chi connectivity index (χ3v) is 4.76. The van der Waals surface area contributed by atoms with E-state index in [2.05, 4.69) is 10.3 Å². The quantitative estimate of drug-likeness (QED) is 0.767. The van der Waals surface area contributed by atoms with Crippen molar-refractivity contribution in [3.63, 3.8) is 0 Å². The summed E-state index contributed by atoms with van der Waals surface area (Å²) >= 11 is 5.84. The Morgan fingerprint density at radius 3 is 2.76 bits per heavy atom. The fourth-order valence-corrected chi connectivity index (χ4v) is 3.30. The number of nitrogens with one attached hydrogen (secondary N) is 1. The Bertz CT molecular complexity index is 553. The van der Waals surface area contributed by atoms with Crippen molar-refractivity contribution in [2.24, 2.45) is 7.05 Å². The van der Waals surface area contributed by atoms with Gasteiger partial charge in [-0.1, -0.05) is 11.6 Å². The van der Waals surface area contributed by atoms with Crippen LogP contribution in [0.25, 0.3) is 0 Å². The van der Waals surface area contributed by atoms with Crippen molar-refractivity contribution in [1.29, 1.82) is 0 Å². The lowest BCUT2D eigenvalue weighted by atomic mass is 10.4. The fraction of sp³-hybridized carbons (Fsp3) is 0.500. The van der Waals surface area contributed by atoms with Gasteiger partial charge in [0.25, 0.3) is 10.0 Å². The summed E-state index contributed by atoms with van der Waals surface area (Å²) in [6.45, 7) is 0.318. The first-order valence-electron chi connectivity index (χ1n) is 4.86. The van der Waals surface area contributed by atoms with Crippen LogP contribution in [0.1, 0.15) is 0 Å². The minimum atomic E-state index is -3.80. The molecule has 0 radical (unpaired) electrons. The Hall–Kier alpha value is -1.12. The number of sulfonamides is 1. The summed E-state index contributed by atoms with van der Waals surface area (Å²) < 4.78 is 26.8. The molecule has 0 unspecified atom stereocenters. The van der Waals surface area contributed by atoms with Gasteiger partial charge in [0.05, 0.1) is 12.9 Å². The zero-order valence-corrected chi connectivity index (χ0v) is 10.6. The van der Waals surface area contributed by atoms with Crippen LogP contribution in [0.3, 0.4) is 0 Å². The summed E-state index contributed by atoms with van der Waals surface area (Å²) in [6, 6.07) is 0. The normalized spacial score (nSPS) is 18.1. The Morgan fingerprint density at radius 1 is 1.53 bits per heavy atom. The van der Waals surface area contributed by atoms with Gasteiger partial charge in [0.1, 0.15) is 5.15 Å². The third kappa shape index (κ3) is 2.15. The SMILES string of the molecule is Cn1cnc(S(=O)(=O)N2CCNC(=O)C2)c1Cl. The van der Waals surface area contributed by atoms with Crippen LogP contribution in [0.5, 0.6) is 0 Å². The average Bonchev–Trinajstić information content (AvgIpc) is 2.60. The molecule has 17 heavy (non-hydrogen) atoms. The largest absolute Gasteiger partial charge is 0.354 e. The average molecular weight is 279 g/mol. The van der Waals surface area contributed by atoms with Crippen LogP contribution in [0.15, 0.2) is 11.4 Å². The number of halogens is 1. The number of imidazole rings is 1. The Kier molecular flexibility index (Phi) is 3.11. The molecule has 1 amide bonds. The number of piperazine rings is 1. The van der Waals surface area contributed by atoms with Crippen molar-refractivity contribution in [2.45, 2.75) is 5.03 Å². The summed E-state index contributed by atoms with van der Waals surface area (Å²) in [5, 5.41) is 2.38. The molecule has 0 aromatic carbocycles. The molecule has 1 saturated heterocycles. The lowest BCUT2D eigenvalue weighted by molar-refractivity contribution is -0.122. The van der Waals surface area contributed by atoms with E-state index in [4.69, 9.17) is 11.6 Å². The van der Waals surface area contributed by atoms with E-state index in [1.807, 2.05) is 0 Å². The van der Waals surface area contributed by atoms with Crippen LogP contribution in [0.2, 0.25) is 5.15 Å². The van der Waals surface area contributed by atoms with Crippen LogP contribution in [0, 0.1) is 0 Å². The van der Waals surface area contributed by atoms with E-state index in [1.54, 1.807) is 7.05 Å². The molecule has 0 atom stereocenters. The molecule has 1 aliphatic rings. The third-order valence-electron chi connectivity index (χ3n) is 2.42. The van der Waals surface area contributed by atoms with Crippen molar-refractivity contribution in [1.82, 2.24) is 19.2 Å². The maximum Gasteiger partial charge on any atom is 0.264 e. The lowest BCUT2D eigenvalue weighted by Crippen LogP contribution is -2.49. The van der Waals surface area contributed by atoms with Crippen LogP contribution < -0.4 is 5.32 Å². The predicted molar refractivity (Wildman–Crippen MR) is 60.0 cm³/mol. The van der Waals surface area contributed by atoms with Crippen LogP contribution in [-0.4, -0.2) is 47.8 Å². The zero-order chi connectivity index (χ0) is 12.6. The summed E-state index contributed by atoms with van der Waals surface area (Å²) in [6.07, 6.45) is 1.32. The standard InChI is InChI=1S/C8H11ClN4O3S/c1-12-5-11-8(7(12)9)17(15,16)13-3-2-10-6(14)4-13/h5H,2-4H2,1H3,(H,10,14). The minimum absolute atomic E-state index is 0.0379. The molecular weight excluding hydrogens is 268 g/mol. The van der Waals surface area contributed by atoms with Gasteiger partial charge < -0.3 is 9.88 Å². The molecule has 0 aliphatic carbocycles. The number of carbonyl (C=O) groups is 1. The van der Waals surface area contributed by atoms with Gasteiger partial charge in [-0.2, -0.15) is 4.31 Å². The van der Waals surface area contributed by atoms with Crippen molar-refractivity contribution in [3.05, 3.63) is 11.5 Å². The first kappa shape index (κ1) is 12.3. The summed E-state index contributed by atoms with van der Waals surface area (Å²) in [4.78, 5) is 14.9. The highest BCUT2D eigenvalue weighted by molar-refractivity contribution is 7.89. The van der Waals surface area contributed by atoms with E-state index in [0.717, 1.165) is 4.31 Å². The van der Waals surface area contributed by atoms with Gasteiger partial charge in [0, 0.05) is 20.1 Å². The van der Waals surface area contributed by atoms with Crippen molar-refractivity contribution >= 4 is 27.5 Å². The highest BCUT2D eigenvalue weighted by atomic mass is 35.5. The Labute approximate surface area is 103 Å². The summed E-state index contributed by atoms with van der Waals surface area (Å²) in [7, 11) is -2.20. The Morgan fingerprint density at radius 2 is 2.24 bits per heavy atom. The molecular formula is C8H11ClN4O3S. The van der Waals surface area contributed by atoms with E-state index in [1.165, 1.54) is 10.9 Å². The number of carbonyl (C=O) groups excluding carboxylic acids is 1. The number of nitrogens with zero attached hydrogens (tertiary/aromatic N) is 3. The van der Waals surface area contributed by atoms with E-state index < -0.39 is 10.0 Å². The molecule has 2 heterocycles. The van der Waals surface area contributed by atoms with E-state index in [-0.39, 0.29) is 29.2 Å². The number of aryl methyl sites for hydroxylation is 1. The number of aromatic nitrogens is 2. The first-order valence-corrected chi connectivity index (χ1v) is 6.68. The molecule has 1 fully saturated rings. The maximum atomic E-state index is 12.2. The van der Waals surface area contributed by atoms with Gasteiger partial charge in [-0.3, -0.25) is 4.79 Å². The summed E-state index contributed by atoms with van der Waals surface area (Å²) in [5.41, 5.74) is 0. The van der Waals surface area contributed by atoms with Crippen molar-refractivity contribution in [2.75, 3.05) is 19.6 Å². The molecule has 94 valence electrons. The van der Waals surface area contributed by atoms with Gasteiger partial charge in [0.2, 0.25) is 10.9 Å². The monoisotopic (exact) mass is 278 g/mol. The number of amides is 1. The number of rotatable bonds is 2. The molecule has 1 aromatic heterocycles. The zero-order valence-electron chi connectivity index (χ0n) is 9.05. The van der Waals surface area contributed by atoms with E-state index in [0.29, 0.717) is 6.54 Å². The molecule has 0 spiro atoms. The van der Waals surface area contributed by atoms with Gasteiger partial charge in [-0.25, -0.2) is 13.4 Å².